The molecule has 0 saturated carbocycles. The Balaban J connectivity index is 1.66. The Kier molecular flexibility index (Phi) is 4.35. The number of aromatic nitrogens is 2. The van der Waals surface area contributed by atoms with E-state index in [2.05, 4.69) is 9.97 Å². The summed E-state index contributed by atoms with van der Waals surface area (Å²) in [6, 6.07) is 12.9. The van der Waals surface area contributed by atoms with Crippen LogP contribution in [0.3, 0.4) is 0 Å². The van der Waals surface area contributed by atoms with Crippen molar-refractivity contribution >= 4 is 16.9 Å². The fourth-order valence-corrected chi connectivity index (χ4v) is 3.81. The van der Waals surface area contributed by atoms with E-state index in [4.69, 9.17) is 13.9 Å². The Bertz CT molecular complexity index is 1280. The predicted octanol–water partition coefficient (Wildman–Crippen LogP) is 3.92. The molecule has 0 amide bonds. The van der Waals surface area contributed by atoms with E-state index in [-0.39, 0.29) is 0 Å². The van der Waals surface area contributed by atoms with Crippen molar-refractivity contribution in [2.75, 3.05) is 18.7 Å². The lowest BCUT2D eigenvalue weighted by atomic mass is 9.97. The topological polar surface area (TPSA) is 77.7 Å². The van der Waals surface area contributed by atoms with Crippen LogP contribution in [0.2, 0.25) is 0 Å². The van der Waals surface area contributed by atoms with Crippen LogP contribution in [0, 0.1) is 6.92 Å². The number of nitrogens with zero attached hydrogens (tertiary/aromatic N) is 3. The number of hydrogen-bond donors (Lipinski definition) is 0. The van der Waals surface area contributed by atoms with Crippen molar-refractivity contribution in [3.05, 3.63) is 76.4 Å². The van der Waals surface area contributed by atoms with Gasteiger partial charge in [0, 0.05) is 35.0 Å². The second kappa shape index (κ2) is 7.18. The minimum absolute atomic E-state index is 0.325. The first-order valence-corrected chi connectivity index (χ1v) is 9.53. The fourth-order valence-electron chi connectivity index (χ4n) is 3.81. The van der Waals surface area contributed by atoms with Gasteiger partial charge in [0.25, 0.3) is 0 Å². The number of anilines is 1. The molecular weight excluding hydrogens is 382 g/mol. The monoisotopic (exact) mass is 401 g/mol. The SMILES string of the molecule is COc1ccc(-c2cc(=O)oc3c(C)c4c(cc23)CN(c2ncccn2)CO4)cc1. The number of rotatable bonds is 3. The van der Waals surface area contributed by atoms with Crippen molar-refractivity contribution < 1.29 is 13.9 Å². The first kappa shape index (κ1) is 18.2. The first-order chi connectivity index (χ1) is 14.6. The van der Waals surface area contributed by atoms with Gasteiger partial charge in [0.2, 0.25) is 5.95 Å². The second-order valence-corrected chi connectivity index (χ2v) is 7.09. The number of hydrogen-bond acceptors (Lipinski definition) is 7. The molecule has 0 fully saturated rings. The molecule has 1 aliphatic rings. The molecule has 30 heavy (non-hydrogen) atoms. The Morgan fingerprint density at radius 3 is 2.60 bits per heavy atom. The van der Waals surface area contributed by atoms with Gasteiger partial charge in [-0.15, -0.1) is 0 Å². The van der Waals surface area contributed by atoms with Crippen LogP contribution >= 0.6 is 0 Å². The van der Waals surface area contributed by atoms with Crippen LogP contribution in [0.4, 0.5) is 5.95 Å². The lowest BCUT2D eigenvalue weighted by molar-refractivity contribution is 0.285. The van der Waals surface area contributed by atoms with Crippen molar-refractivity contribution in [2.24, 2.45) is 0 Å². The van der Waals surface area contributed by atoms with E-state index in [0.717, 1.165) is 39.1 Å². The van der Waals surface area contributed by atoms with Gasteiger partial charge in [-0.2, -0.15) is 0 Å². The average Bonchev–Trinajstić information content (AvgIpc) is 2.80. The standard InChI is InChI=1S/C23H19N3O4/c1-14-21-16(12-26(13-29-21)23-24-8-3-9-25-23)10-19-18(11-20(27)30-22(14)19)15-4-6-17(28-2)7-5-15/h3-11H,12-13H2,1-2H3. The van der Waals surface area contributed by atoms with Crippen LogP contribution in [-0.2, 0) is 6.54 Å². The Morgan fingerprint density at radius 1 is 1.10 bits per heavy atom. The summed E-state index contributed by atoms with van der Waals surface area (Å²) in [6.07, 6.45) is 3.42. The quantitative estimate of drug-likeness (QED) is 0.482. The largest absolute Gasteiger partial charge is 0.497 e. The molecule has 5 rings (SSSR count). The number of ether oxygens (including phenoxy) is 2. The maximum Gasteiger partial charge on any atom is 0.336 e. The molecule has 0 radical (unpaired) electrons. The van der Waals surface area contributed by atoms with Gasteiger partial charge < -0.3 is 18.8 Å². The van der Waals surface area contributed by atoms with Crippen LogP contribution in [-0.4, -0.2) is 23.8 Å². The van der Waals surface area contributed by atoms with Crippen molar-refractivity contribution in [2.45, 2.75) is 13.5 Å². The summed E-state index contributed by atoms with van der Waals surface area (Å²) in [7, 11) is 1.62. The maximum atomic E-state index is 12.3. The van der Waals surface area contributed by atoms with Crippen LogP contribution < -0.4 is 20.0 Å². The zero-order valence-corrected chi connectivity index (χ0v) is 16.6. The molecule has 7 nitrogen and oxygen atoms in total. The highest BCUT2D eigenvalue weighted by Crippen LogP contribution is 2.38. The zero-order valence-electron chi connectivity index (χ0n) is 16.6. The Morgan fingerprint density at radius 2 is 1.87 bits per heavy atom. The molecule has 4 aromatic rings. The smallest absolute Gasteiger partial charge is 0.336 e. The lowest BCUT2D eigenvalue weighted by Crippen LogP contribution is -2.33. The Hall–Kier alpha value is -3.87. The summed E-state index contributed by atoms with van der Waals surface area (Å²) in [4.78, 5) is 22.9. The highest BCUT2D eigenvalue weighted by Gasteiger charge is 2.24. The summed E-state index contributed by atoms with van der Waals surface area (Å²) in [5, 5.41) is 0.857. The molecule has 150 valence electrons. The molecule has 3 heterocycles. The minimum atomic E-state index is -0.397. The third kappa shape index (κ3) is 3.04. The Labute approximate surface area is 172 Å². The van der Waals surface area contributed by atoms with Crippen LogP contribution in [0.5, 0.6) is 11.5 Å². The van der Waals surface area contributed by atoms with E-state index < -0.39 is 5.63 Å². The molecule has 0 unspecified atom stereocenters. The summed E-state index contributed by atoms with van der Waals surface area (Å²) in [6.45, 7) is 2.83. The van der Waals surface area contributed by atoms with Crippen molar-refractivity contribution in [1.82, 2.24) is 9.97 Å². The molecule has 0 saturated heterocycles. The number of methoxy groups -OCH3 is 1. The van der Waals surface area contributed by atoms with Gasteiger partial charge in [0.05, 0.1) is 13.7 Å². The van der Waals surface area contributed by atoms with Gasteiger partial charge in [-0.3, -0.25) is 0 Å². The van der Waals surface area contributed by atoms with Gasteiger partial charge in [-0.05, 0) is 42.3 Å². The molecular formula is C23H19N3O4. The molecule has 0 aliphatic carbocycles. The van der Waals surface area contributed by atoms with Crippen molar-refractivity contribution in [3.8, 4) is 22.6 Å². The third-order valence-corrected chi connectivity index (χ3v) is 5.25. The van der Waals surface area contributed by atoms with Gasteiger partial charge in [-0.25, -0.2) is 14.8 Å². The van der Waals surface area contributed by atoms with E-state index in [1.165, 1.54) is 6.07 Å². The van der Waals surface area contributed by atoms with Crippen LogP contribution in [0.15, 0.2) is 64.1 Å². The number of benzene rings is 2. The molecule has 2 aromatic carbocycles. The second-order valence-electron chi connectivity index (χ2n) is 7.09. The van der Waals surface area contributed by atoms with Crippen molar-refractivity contribution in [1.29, 1.82) is 0 Å². The van der Waals surface area contributed by atoms with Gasteiger partial charge in [-0.1, -0.05) is 12.1 Å². The molecule has 1 aliphatic heterocycles. The van der Waals surface area contributed by atoms with Gasteiger partial charge in [0.15, 0.2) is 6.73 Å². The van der Waals surface area contributed by atoms with E-state index in [0.29, 0.717) is 24.8 Å². The molecule has 0 spiro atoms. The third-order valence-electron chi connectivity index (χ3n) is 5.25. The molecule has 0 atom stereocenters. The molecule has 0 N–H and O–H groups in total. The highest BCUT2D eigenvalue weighted by molar-refractivity contribution is 5.96. The average molecular weight is 401 g/mol. The summed E-state index contributed by atoms with van der Waals surface area (Å²) in [5.41, 5.74) is 3.66. The lowest BCUT2D eigenvalue weighted by Gasteiger charge is -2.30. The highest BCUT2D eigenvalue weighted by atomic mass is 16.5. The van der Waals surface area contributed by atoms with Crippen LogP contribution in [0.1, 0.15) is 11.1 Å². The summed E-state index contributed by atoms with van der Waals surface area (Å²) in [5.74, 6) is 2.10. The zero-order chi connectivity index (χ0) is 20.7. The number of fused-ring (bicyclic) bond motifs is 2. The minimum Gasteiger partial charge on any atom is -0.497 e. The molecule has 7 heteroatoms. The molecule has 0 bridgehead atoms. The van der Waals surface area contributed by atoms with Crippen LogP contribution in [0.25, 0.3) is 22.1 Å². The first-order valence-electron chi connectivity index (χ1n) is 9.53. The predicted molar refractivity (Wildman–Crippen MR) is 113 cm³/mol. The van der Waals surface area contributed by atoms with Crippen molar-refractivity contribution in [3.63, 3.8) is 0 Å². The normalized spacial score (nSPS) is 13.1. The van der Waals surface area contributed by atoms with E-state index in [1.54, 1.807) is 25.6 Å². The fraction of sp³-hybridized carbons (Fsp3) is 0.174. The van der Waals surface area contributed by atoms with E-state index >= 15 is 0 Å². The summed E-state index contributed by atoms with van der Waals surface area (Å²) < 4.78 is 16.8. The molecule has 2 aromatic heterocycles. The van der Waals surface area contributed by atoms with Gasteiger partial charge in [0.1, 0.15) is 17.1 Å². The van der Waals surface area contributed by atoms with Gasteiger partial charge >= 0.3 is 5.63 Å². The maximum absolute atomic E-state index is 12.3. The van der Waals surface area contributed by atoms with E-state index in [9.17, 15) is 4.79 Å². The number of aryl methyl sites for hydroxylation is 1. The summed E-state index contributed by atoms with van der Waals surface area (Å²) >= 11 is 0. The van der Waals surface area contributed by atoms with E-state index in [1.807, 2.05) is 42.2 Å².